The molecule has 0 atom stereocenters. The van der Waals surface area contributed by atoms with Crippen molar-refractivity contribution in [2.24, 2.45) is 5.92 Å². The number of nitrogens with one attached hydrogen (secondary N) is 3. The van der Waals surface area contributed by atoms with Crippen LogP contribution >= 0.6 is 31.9 Å². The predicted octanol–water partition coefficient (Wildman–Crippen LogP) is 10.9. The van der Waals surface area contributed by atoms with Crippen molar-refractivity contribution in [1.29, 1.82) is 0 Å². The summed E-state index contributed by atoms with van der Waals surface area (Å²) in [5.41, 5.74) is 2.85. The van der Waals surface area contributed by atoms with E-state index in [-0.39, 0.29) is 41.0 Å². The van der Waals surface area contributed by atoms with Crippen LogP contribution in [-0.2, 0) is 0 Å². The van der Waals surface area contributed by atoms with Crippen molar-refractivity contribution in [2.75, 3.05) is 13.1 Å². The van der Waals surface area contributed by atoms with Crippen LogP contribution < -0.4 is 17.1 Å². The molecule has 2 fully saturated rings. The lowest BCUT2D eigenvalue weighted by molar-refractivity contribution is 0.0723. The zero-order valence-corrected chi connectivity index (χ0v) is 53.9. The zero-order valence-electron chi connectivity index (χ0n) is 50.7. The fraction of sp³-hybridized carbons (Fsp3) is 0.317. The van der Waals surface area contributed by atoms with E-state index in [0.717, 1.165) is 71.4 Å². The lowest BCUT2D eigenvalue weighted by Gasteiger charge is -2.26. The molecule has 11 aromatic rings. The van der Waals surface area contributed by atoms with Crippen LogP contribution in [0.5, 0.6) is 0 Å². The number of carbonyl (C=O) groups is 2. The number of ketones is 1. The van der Waals surface area contributed by atoms with Crippen LogP contribution in [-0.4, -0.2) is 123 Å². The molecule has 0 radical (unpaired) electrons. The Morgan fingerprint density at radius 1 is 0.511 bits per heavy atom. The molecule has 1 aliphatic carbocycles. The van der Waals surface area contributed by atoms with Crippen LogP contribution in [0.2, 0.25) is 0 Å². The number of amides is 1. The Kier molecular flexibility index (Phi) is 22.3. The maximum Gasteiger partial charge on any atom is 0.339 e. The van der Waals surface area contributed by atoms with Crippen molar-refractivity contribution in [3.63, 3.8) is 0 Å². The fourth-order valence-electron chi connectivity index (χ4n) is 9.96. The average molecular weight is 1350 g/mol. The normalized spacial score (nSPS) is 13.1. The molecule has 466 valence electrons. The van der Waals surface area contributed by atoms with E-state index in [1.165, 1.54) is 39.2 Å². The van der Waals surface area contributed by atoms with Gasteiger partial charge in [-0.15, -0.1) is 30.6 Å². The van der Waals surface area contributed by atoms with Gasteiger partial charge in [-0.2, -0.15) is 0 Å². The molecule has 1 aliphatic heterocycles. The molecule has 11 heterocycles. The van der Waals surface area contributed by atoms with Crippen LogP contribution in [0, 0.1) is 5.92 Å². The highest BCUT2D eigenvalue weighted by Crippen LogP contribution is 2.28. The molecule has 0 bridgehead atoms. The van der Waals surface area contributed by atoms with Crippen LogP contribution in [0.1, 0.15) is 132 Å². The molecule has 13 rings (SSSR count). The minimum absolute atomic E-state index is 0.0149. The predicted molar refractivity (Wildman–Crippen MR) is 347 cm³/mol. The minimum atomic E-state index is -0.308. The number of aromatic amines is 3. The van der Waals surface area contributed by atoms with E-state index in [2.05, 4.69) is 111 Å². The van der Waals surface area contributed by atoms with Gasteiger partial charge in [0.25, 0.3) is 5.91 Å². The third kappa shape index (κ3) is 16.5. The number of imidazole rings is 3. The van der Waals surface area contributed by atoms with Crippen LogP contribution in [0.4, 0.5) is 0 Å². The Morgan fingerprint density at radius 3 is 1.47 bits per heavy atom. The maximum absolute atomic E-state index is 13.1. The number of H-pyrrole nitrogens is 3. The van der Waals surface area contributed by atoms with Gasteiger partial charge >= 0.3 is 17.1 Å². The molecule has 25 nitrogen and oxygen atoms in total. The van der Waals surface area contributed by atoms with Crippen LogP contribution in [0.25, 0.3) is 52.0 Å². The Hall–Kier alpha value is -9.63. The topological polar surface area (TPSA) is 294 Å². The lowest BCUT2D eigenvalue weighted by atomic mass is 9.84. The highest BCUT2D eigenvalue weighted by atomic mass is 79.9. The quantitative estimate of drug-likeness (QED) is 0.0757. The summed E-state index contributed by atoms with van der Waals surface area (Å²) in [5.74, 6) is 4.18. The number of nitrogens with zero attached hydrogens (tertiary/aromatic N) is 17. The van der Waals surface area contributed by atoms with E-state index in [4.69, 9.17) is 0 Å². The third-order valence-electron chi connectivity index (χ3n) is 14.7. The molecule has 3 N–H and O–H groups in total. The van der Waals surface area contributed by atoms with Gasteiger partial charge in [0.2, 0.25) is 0 Å². The molecule has 1 amide bonds. The number of hydrogen-bond acceptors (Lipinski definition) is 15. The van der Waals surface area contributed by atoms with Gasteiger partial charge in [-0.1, -0.05) is 65.5 Å². The van der Waals surface area contributed by atoms with E-state index >= 15 is 0 Å². The first-order valence-electron chi connectivity index (χ1n) is 29.6. The fourth-order valence-corrected chi connectivity index (χ4v) is 10.6. The maximum atomic E-state index is 13.1. The molecular weight excluding hydrogens is 1280 g/mol. The second-order valence-corrected chi connectivity index (χ2v) is 23.7. The van der Waals surface area contributed by atoms with Gasteiger partial charge < -0.3 is 33.6 Å². The minimum Gasteiger partial charge on any atom is -0.339 e. The summed E-state index contributed by atoms with van der Waals surface area (Å²) >= 11 is 6.72. The monoisotopic (exact) mass is 1340 g/mol. The van der Waals surface area contributed by atoms with Crippen molar-refractivity contribution >= 4 is 43.6 Å². The average Bonchev–Trinajstić information content (AvgIpc) is 2.10. The van der Waals surface area contributed by atoms with Gasteiger partial charge in [0.1, 0.15) is 58.1 Å². The molecule has 0 unspecified atom stereocenters. The van der Waals surface area contributed by atoms with Crippen molar-refractivity contribution in [3.05, 3.63) is 205 Å². The molecule has 10 aromatic heterocycles. The zero-order chi connectivity index (χ0) is 63.7. The van der Waals surface area contributed by atoms with Crippen molar-refractivity contribution in [3.8, 4) is 52.0 Å². The summed E-state index contributed by atoms with van der Waals surface area (Å²) in [4.78, 5) is 86.6. The molecule has 1 aromatic carbocycles. The number of piperidine rings is 1. The molecule has 1 saturated carbocycles. The number of carbonyl (C=O) groups excluding carboxylic acids is 2. The van der Waals surface area contributed by atoms with Gasteiger partial charge in [-0.3, -0.25) is 23.3 Å². The van der Waals surface area contributed by atoms with Gasteiger partial charge in [0.05, 0.1) is 5.56 Å². The second-order valence-electron chi connectivity index (χ2n) is 21.9. The van der Waals surface area contributed by atoms with Crippen LogP contribution in [0.15, 0.2) is 177 Å². The van der Waals surface area contributed by atoms with Gasteiger partial charge in [-0.05, 0) is 150 Å². The molecule has 2 aliphatic rings. The number of likely N-dealkylation sites (tertiary alicyclic amines) is 1. The number of pyridine rings is 4. The highest BCUT2D eigenvalue weighted by Gasteiger charge is 2.23. The molecule has 1 saturated heterocycles. The van der Waals surface area contributed by atoms with E-state index in [1.807, 2.05) is 113 Å². The number of aromatic nitrogens is 19. The smallest absolute Gasteiger partial charge is 0.339 e. The number of Topliss-reactive ketones (excluding diaryl/α,β-unsaturated/α-hetero) is 1. The molecule has 27 heteroatoms. The first-order chi connectivity index (χ1) is 43.5. The highest BCUT2D eigenvalue weighted by molar-refractivity contribution is 9.10. The summed E-state index contributed by atoms with van der Waals surface area (Å²) < 4.78 is 12.0. The van der Waals surface area contributed by atoms with Gasteiger partial charge in [0.15, 0.2) is 23.3 Å². The van der Waals surface area contributed by atoms with E-state index in [1.54, 1.807) is 80.4 Å². The molecular formula is C63H70Br2N20O5. The van der Waals surface area contributed by atoms with Gasteiger partial charge in [-0.25, -0.2) is 34.3 Å². The Balaban J connectivity index is 0.000000146. The first kappa shape index (κ1) is 64.8. The summed E-state index contributed by atoms with van der Waals surface area (Å²) in [6.45, 7) is 13.9. The number of halogens is 2. The van der Waals surface area contributed by atoms with Crippen molar-refractivity contribution in [1.82, 2.24) is 97.8 Å². The molecule has 0 spiro atoms. The van der Waals surface area contributed by atoms with Crippen molar-refractivity contribution in [2.45, 2.75) is 111 Å². The van der Waals surface area contributed by atoms with E-state index in [0.29, 0.717) is 57.9 Å². The number of hydrogen-bond donors (Lipinski definition) is 3. The molecule has 90 heavy (non-hydrogen) atoms. The van der Waals surface area contributed by atoms with Crippen molar-refractivity contribution < 1.29 is 9.59 Å². The summed E-state index contributed by atoms with van der Waals surface area (Å²) in [7, 11) is 0. The second kappa shape index (κ2) is 31.0. The standard InChI is InChI=1S/C24H26N8O2.C13H15BrO.C13H14N6O.C10H11BrN4.C3H4N2O/c1-17(2)32-16-26-28-22(32)19-7-6-8-21(27-19)31-14-13-30(24(31)34)20-10-9-18(15-25-20)23(33)29-11-4-3-5-12-29;14-12-8-6-11(7-9-12)13(15)10-4-2-1-3-5-10;1-9(2)19-8-15-17-12(19)10-4-3-5-11(16-10)18-7-6-14-13(18)20;1-7(2)15-6-12-14-10(15)8-4-3-5-9(11)13-8;6-3-4-1-2-5-3/h6-10,13-17H,3-5,11-12H2,1-2H3;6-10H,1-5H2;3-9H,1-2H3,(H,14,20);3-7H,1-2H3;1-2H,(H2,4,5,6). The van der Waals surface area contributed by atoms with E-state index in [9.17, 15) is 24.0 Å². The summed E-state index contributed by atoms with van der Waals surface area (Å²) in [6, 6.07) is 28.5. The largest absolute Gasteiger partial charge is 0.339 e. The Morgan fingerprint density at radius 2 is 1.00 bits per heavy atom. The SMILES string of the molecule is CC(C)n1cnnc1-c1cccc(-n2cc[nH]c2=O)n1.CC(C)n1cnnc1-c1cccc(-n2ccn(-c3ccc(C(=O)N4CCCCC4)cn3)c2=O)n1.CC(C)n1cnnc1-c1cccc(Br)n1.O=C(c1ccc(Br)cc1)C1CCCCC1.O=c1[nH]cc[nH]1. The van der Waals surface area contributed by atoms with Crippen LogP contribution in [0.3, 0.4) is 0 Å². The Bertz CT molecular complexity index is 4250. The summed E-state index contributed by atoms with van der Waals surface area (Å²) in [5, 5.41) is 24.2. The summed E-state index contributed by atoms with van der Waals surface area (Å²) in [6.07, 6.45) is 25.3. The van der Waals surface area contributed by atoms with Gasteiger partial charge in [0, 0.05) is 90.5 Å². The van der Waals surface area contributed by atoms with E-state index < -0.39 is 0 Å². The number of benzene rings is 1. The number of rotatable bonds is 12. The lowest BCUT2D eigenvalue weighted by Crippen LogP contribution is -2.35. The third-order valence-corrected chi connectivity index (χ3v) is 15.7. The Labute approximate surface area is 535 Å². The first-order valence-corrected chi connectivity index (χ1v) is 31.2.